The average Bonchev–Trinajstić information content (AvgIpc) is 3.37. The number of rotatable bonds is 5. The molecule has 3 N–H and O–H groups in total. The first kappa shape index (κ1) is 23.3. The molecule has 8 nitrogen and oxygen atoms in total. The number of nitrogen functional groups attached to an aromatic ring is 1. The van der Waals surface area contributed by atoms with Crippen LogP contribution in [0, 0.1) is 6.92 Å². The standard InChI is InChI=1S/C28H26N6O2S/c1-17-2-7-20-21(24(17)33-28(35)22-15-37-26-25(22)31-16-32-27(26)29)8-9-30-23(20)14-18-3-5-19(6-4-18)34-10-12-36-13-11-34/h2-9,15-16H,10-14H2,1H3,(H,33,35)(H2,29,31,32). The second-order valence-electron chi connectivity index (χ2n) is 9.09. The Morgan fingerprint density at radius 2 is 1.86 bits per heavy atom. The van der Waals surface area contributed by atoms with E-state index >= 15 is 0 Å². The van der Waals surface area contributed by atoms with E-state index in [2.05, 4.69) is 50.5 Å². The van der Waals surface area contributed by atoms with Gasteiger partial charge in [0.25, 0.3) is 5.91 Å². The number of carbonyl (C=O) groups is 1. The average molecular weight is 511 g/mol. The van der Waals surface area contributed by atoms with Crippen molar-refractivity contribution in [1.82, 2.24) is 15.0 Å². The van der Waals surface area contributed by atoms with Gasteiger partial charge in [-0.25, -0.2) is 9.97 Å². The molecular weight excluding hydrogens is 484 g/mol. The predicted octanol–water partition coefficient (Wildman–Crippen LogP) is 4.81. The molecule has 1 fully saturated rings. The third kappa shape index (κ3) is 4.47. The summed E-state index contributed by atoms with van der Waals surface area (Å²) >= 11 is 1.37. The molecule has 1 saturated heterocycles. The normalized spacial score (nSPS) is 13.8. The highest BCUT2D eigenvalue weighted by atomic mass is 32.1. The summed E-state index contributed by atoms with van der Waals surface area (Å²) in [6.45, 7) is 5.36. The molecule has 0 atom stereocenters. The molecule has 0 bridgehead atoms. The molecule has 0 aliphatic carbocycles. The molecule has 5 aromatic rings. The zero-order valence-electron chi connectivity index (χ0n) is 20.4. The Morgan fingerprint density at radius 3 is 2.68 bits per heavy atom. The lowest BCUT2D eigenvalue weighted by molar-refractivity contribution is 0.102. The fourth-order valence-corrected chi connectivity index (χ4v) is 5.68. The van der Waals surface area contributed by atoms with Crippen LogP contribution in [0.15, 0.2) is 60.4 Å². The van der Waals surface area contributed by atoms with Crippen molar-refractivity contribution in [2.45, 2.75) is 13.3 Å². The Balaban J connectivity index is 1.29. The highest BCUT2D eigenvalue weighted by molar-refractivity contribution is 7.18. The summed E-state index contributed by atoms with van der Waals surface area (Å²) in [5.41, 5.74) is 12.1. The topological polar surface area (TPSA) is 106 Å². The van der Waals surface area contributed by atoms with Gasteiger partial charge in [0.2, 0.25) is 0 Å². The van der Waals surface area contributed by atoms with Gasteiger partial charge in [0, 0.05) is 47.5 Å². The maximum Gasteiger partial charge on any atom is 0.258 e. The van der Waals surface area contributed by atoms with Gasteiger partial charge < -0.3 is 20.7 Å². The second kappa shape index (κ2) is 9.76. The SMILES string of the molecule is Cc1ccc2c(Cc3ccc(N4CCOCC4)cc3)nccc2c1NC(=O)c1csc2c(N)ncnc12. The minimum Gasteiger partial charge on any atom is -0.382 e. The maximum absolute atomic E-state index is 13.3. The van der Waals surface area contributed by atoms with E-state index in [0.29, 0.717) is 28.0 Å². The number of pyridine rings is 1. The zero-order valence-corrected chi connectivity index (χ0v) is 21.2. The van der Waals surface area contributed by atoms with Gasteiger partial charge in [0.1, 0.15) is 12.1 Å². The van der Waals surface area contributed by atoms with Crippen molar-refractivity contribution in [3.05, 3.63) is 82.8 Å². The molecule has 9 heteroatoms. The van der Waals surface area contributed by atoms with Gasteiger partial charge in [0.05, 0.1) is 40.4 Å². The number of amides is 1. The Morgan fingerprint density at radius 1 is 1.05 bits per heavy atom. The van der Waals surface area contributed by atoms with E-state index in [1.54, 1.807) is 5.38 Å². The quantitative estimate of drug-likeness (QED) is 0.349. The molecule has 186 valence electrons. The maximum atomic E-state index is 13.3. The van der Waals surface area contributed by atoms with Gasteiger partial charge in [-0.1, -0.05) is 24.3 Å². The predicted molar refractivity (Wildman–Crippen MR) is 149 cm³/mol. The van der Waals surface area contributed by atoms with Crippen LogP contribution in [-0.2, 0) is 11.2 Å². The summed E-state index contributed by atoms with van der Waals surface area (Å²) < 4.78 is 6.18. The van der Waals surface area contributed by atoms with E-state index in [1.165, 1.54) is 28.9 Å². The van der Waals surface area contributed by atoms with Crippen LogP contribution in [0.25, 0.3) is 21.0 Å². The summed E-state index contributed by atoms with van der Waals surface area (Å²) in [4.78, 5) is 28.7. The van der Waals surface area contributed by atoms with E-state index in [0.717, 1.165) is 54.0 Å². The van der Waals surface area contributed by atoms with E-state index in [-0.39, 0.29) is 5.91 Å². The van der Waals surface area contributed by atoms with Crippen LogP contribution < -0.4 is 16.0 Å². The summed E-state index contributed by atoms with van der Waals surface area (Å²) in [6, 6.07) is 14.7. The minimum absolute atomic E-state index is 0.225. The smallest absolute Gasteiger partial charge is 0.258 e. The van der Waals surface area contributed by atoms with Crippen LogP contribution in [0.4, 0.5) is 17.2 Å². The third-order valence-electron chi connectivity index (χ3n) is 6.78. The Bertz CT molecular complexity index is 1610. The molecule has 0 saturated carbocycles. The lowest BCUT2D eigenvalue weighted by Crippen LogP contribution is -2.36. The third-order valence-corrected chi connectivity index (χ3v) is 7.78. The number of benzene rings is 2. The molecule has 37 heavy (non-hydrogen) atoms. The van der Waals surface area contributed by atoms with Gasteiger partial charge in [0.15, 0.2) is 0 Å². The largest absolute Gasteiger partial charge is 0.382 e. The number of nitrogens with two attached hydrogens (primary N) is 1. The molecule has 0 unspecified atom stereocenters. The van der Waals surface area contributed by atoms with E-state index < -0.39 is 0 Å². The molecule has 2 aromatic carbocycles. The molecule has 1 aliphatic rings. The number of aryl methyl sites for hydroxylation is 1. The van der Waals surface area contributed by atoms with Gasteiger partial charge in [-0.2, -0.15) is 0 Å². The number of carbonyl (C=O) groups excluding carboxylic acids is 1. The van der Waals surface area contributed by atoms with Crippen molar-refractivity contribution in [2.24, 2.45) is 0 Å². The van der Waals surface area contributed by atoms with Crippen LogP contribution in [-0.4, -0.2) is 47.2 Å². The number of nitrogens with one attached hydrogen (secondary N) is 1. The number of thiophene rings is 1. The number of anilines is 3. The zero-order chi connectivity index (χ0) is 25.4. The van der Waals surface area contributed by atoms with Gasteiger partial charge in [-0.05, 0) is 36.2 Å². The molecule has 6 rings (SSSR count). The Kier molecular flexibility index (Phi) is 6.15. The lowest BCUT2D eigenvalue weighted by atomic mass is 10.00. The number of hydrogen-bond donors (Lipinski definition) is 2. The summed E-state index contributed by atoms with van der Waals surface area (Å²) in [5.74, 6) is 0.154. The second-order valence-corrected chi connectivity index (χ2v) is 9.97. The highest BCUT2D eigenvalue weighted by Crippen LogP contribution is 2.32. The Labute approximate surface area is 218 Å². The molecule has 1 amide bonds. The number of nitrogens with zero attached hydrogens (tertiary/aromatic N) is 4. The summed E-state index contributed by atoms with van der Waals surface area (Å²) in [5, 5.41) is 6.87. The first-order valence-corrected chi connectivity index (χ1v) is 13.0. The van der Waals surface area contributed by atoms with Crippen LogP contribution in [0.2, 0.25) is 0 Å². The minimum atomic E-state index is -0.225. The van der Waals surface area contributed by atoms with E-state index in [9.17, 15) is 4.79 Å². The van der Waals surface area contributed by atoms with Gasteiger partial charge >= 0.3 is 0 Å². The van der Waals surface area contributed by atoms with E-state index in [4.69, 9.17) is 15.5 Å². The van der Waals surface area contributed by atoms with Crippen molar-refractivity contribution in [1.29, 1.82) is 0 Å². The van der Waals surface area contributed by atoms with Crippen LogP contribution in [0.1, 0.15) is 27.2 Å². The van der Waals surface area contributed by atoms with Crippen LogP contribution in [0.5, 0.6) is 0 Å². The lowest BCUT2D eigenvalue weighted by Gasteiger charge is -2.28. The first-order valence-electron chi connectivity index (χ1n) is 12.2. The van der Waals surface area contributed by atoms with Gasteiger partial charge in [-0.15, -0.1) is 11.3 Å². The summed E-state index contributed by atoms with van der Waals surface area (Å²) in [7, 11) is 0. The monoisotopic (exact) mass is 510 g/mol. The number of ether oxygens (including phenoxy) is 1. The van der Waals surface area contributed by atoms with Crippen LogP contribution >= 0.6 is 11.3 Å². The van der Waals surface area contributed by atoms with Crippen molar-refractivity contribution in [3.8, 4) is 0 Å². The number of fused-ring (bicyclic) bond motifs is 2. The first-order chi connectivity index (χ1) is 18.1. The number of morpholine rings is 1. The van der Waals surface area contributed by atoms with Gasteiger partial charge in [-0.3, -0.25) is 9.78 Å². The molecule has 0 spiro atoms. The van der Waals surface area contributed by atoms with Crippen molar-refractivity contribution >= 4 is 55.4 Å². The molecule has 0 radical (unpaired) electrons. The fraction of sp³-hybridized carbons (Fsp3) is 0.214. The highest BCUT2D eigenvalue weighted by Gasteiger charge is 2.18. The Hall–Kier alpha value is -4.08. The number of aromatic nitrogens is 3. The fourth-order valence-electron chi connectivity index (χ4n) is 4.78. The van der Waals surface area contributed by atoms with E-state index in [1.807, 2.05) is 25.3 Å². The van der Waals surface area contributed by atoms with Crippen molar-refractivity contribution < 1.29 is 9.53 Å². The molecule has 3 aromatic heterocycles. The number of hydrogen-bond acceptors (Lipinski definition) is 8. The summed E-state index contributed by atoms with van der Waals surface area (Å²) in [6.07, 6.45) is 3.89. The van der Waals surface area contributed by atoms with Crippen molar-refractivity contribution in [2.75, 3.05) is 42.3 Å². The molecular formula is C28H26N6O2S. The molecule has 1 aliphatic heterocycles. The molecule has 4 heterocycles. The van der Waals surface area contributed by atoms with Crippen molar-refractivity contribution in [3.63, 3.8) is 0 Å². The van der Waals surface area contributed by atoms with Crippen LogP contribution in [0.3, 0.4) is 0 Å².